The van der Waals surface area contributed by atoms with Crippen molar-refractivity contribution in [2.24, 2.45) is 5.92 Å². The van der Waals surface area contributed by atoms with Gasteiger partial charge in [0.05, 0.1) is 0 Å². The highest BCUT2D eigenvalue weighted by Gasteiger charge is 2.13. The predicted octanol–water partition coefficient (Wildman–Crippen LogP) is 2.28. The number of hydrogen-bond acceptors (Lipinski definition) is 3. The fourth-order valence-electron chi connectivity index (χ4n) is 1.68. The summed E-state index contributed by atoms with van der Waals surface area (Å²) < 4.78 is 0. The molecule has 0 saturated heterocycles. The van der Waals surface area contributed by atoms with Crippen molar-refractivity contribution < 1.29 is 9.90 Å². The molecule has 5 heteroatoms. The summed E-state index contributed by atoms with van der Waals surface area (Å²) in [5, 5.41) is 14.7. The van der Waals surface area contributed by atoms with Gasteiger partial charge in [0, 0.05) is 37.6 Å². The Morgan fingerprint density at radius 3 is 2.70 bits per heavy atom. The summed E-state index contributed by atoms with van der Waals surface area (Å²) in [4.78, 5) is 14.0. The van der Waals surface area contributed by atoms with Crippen LogP contribution in [0.1, 0.15) is 20.8 Å². The second kappa shape index (κ2) is 7.75. The summed E-state index contributed by atoms with van der Waals surface area (Å²) in [7, 11) is 2.00. The van der Waals surface area contributed by atoms with Crippen molar-refractivity contribution in [1.82, 2.24) is 5.32 Å². The molecule has 2 amide bonds. The normalized spacial score (nSPS) is 13.4. The first-order valence-electron chi connectivity index (χ1n) is 6.97. The van der Waals surface area contributed by atoms with Crippen LogP contribution in [0.5, 0.6) is 0 Å². The minimum absolute atomic E-state index is 0.0262. The van der Waals surface area contributed by atoms with E-state index >= 15 is 0 Å². The fourth-order valence-corrected chi connectivity index (χ4v) is 1.68. The van der Waals surface area contributed by atoms with Crippen LogP contribution in [0, 0.1) is 5.92 Å². The Labute approximate surface area is 121 Å². The number of carbonyl (C=O) groups is 1. The van der Waals surface area contributed by atoms with E-state index in [-0.39, 0.29) is 24.6 Å². The number of anilines is 2. The maximum atomic E-state index is 11.9. The van der Waals surface area contributed by atoms with Gasteiger partial charge in [-0.3, -0.25) is 0 Å². The minimum atomic E-state index is -0.255. The number of urea groups is 1. The molecule has 2 atom stereocenters. The third-order valence-electron chi connectivity index (χ3n) is 3.52. The first-order chi connectivity index (χ1) is 9.47. The third kappa shape index (κ3) is 4.74. The van der Waals surface area contributed by atoms with Gasteiger partial charge in [-0.05, 0) is 38.0 Å². The van der Waals surface area contributed by atoms with E-state index in [9.17, 15) is 4.79 Å². The zero-order valence-corrected chi connectivity index (χ0v) is 12.7. The molecule has 0 aromatic heterocycles. The molecule has 0 saturated carbocycles. The van der Waals surface area contributed by atoms with E-state index in [0.29, 0.717) is 0 Å². The van der Waals surface area contributed by atoms with Crippen LogP contribution in [-0.2, 0) is 0 Å². The maximum absolute atomic E-state index is 11.9. The van der Waals surface area contributed by atoms with Crippen molar-refractivity contribution in [2.75, 3.05) is 30.4 Å². The summed E-state index contributed by atoms with van der Waals surface area (Å²) in [5.74, 6) is 0.0262. The quantitative estimate of drug-likeness (QED) is 0.748. The number of nitrogens with one attached hydrogen (secondary N) is 2. The van der Waals surface area contributed by atoms with E-state index in [0.717, 1.165) is 17.9 Å². The van der Waals surface area contributed by atoms with E-state index < -0.39 is 0 Å². The number of amides is 2. The number of hydrogen-bond donors (Lipinski definition) is 3. The zero-order chi connectivity index (χ0) is 15.1. The molecule has 1 aromatic rings. The lowest BCUT2D eigenvalue weighted by atomic mass is 10.1. The first-order valence-corrected chi connectivity index (χ1v) is 6.97. The molecule has 112 valence electrons. The Morgan fingerprint density at radius 2 is 2.10 bits per heavy atom. The van der Waals surface area contributed by atoms with Gasteiger partial charge in [0.15, 0.2) is 0 Å². The van der Waals surface area contributed by atoms with E-state index in [2.05, 4.69) is 22.5 Å². The molecule has 5 nitrogen and oxygen atoms in total. The van der Waals surface area contributed by atoms with Crippen LogP contribution < -0.4 is 15.5 Å². The molecule has 2 unspecified atom stereocenters. The average Bonchev–Trinajstić information content (AvgIpc) is 2.45. The lowest BCUT2D eigenvalue weighted by Crippen LogP contribution is -2.40. The van der Waals surface area contributed by atoms with Crippen molar-refractivity contribution >= 4 is 17.4 Å². The van der Waals surface area contributed by atoms with Gasteiger partial charge in [-0.15, -0.1) is 0 Å². The number of rotatable bonds is 6. The topological polar surface area (TPSA) is 64.6 Å². The van der Waals surface area contributed by atoms with Crippen molar-refractivity contribution in [3.05, 3.63) is 24.3 Å². The molecule has 0 aliphatic carbocycles. The average molecular weight is 279 g/mol. The molecule has 1 rings (SSSR count). The van der Waals surface area contributed by atoms with Gasteiger partial charge in [-0.1, -0.05) is 13.0 Å². The molecule has 0 bridgehead atoms. The van der Waals surface area contributed by atoms with E-state index in [1.807, 2.05) is 45.2 Å². The Hall–Kier alpha value is -1.75. The molecule has 0 heterocycles. The smallest absolute Gasteiger partial charge is 0.319 e. The number of nitrogens with zero attached hydrogens (tertiary/aromatic N) is 1. The second-order valence-corrected chi connectivity index (χ2v) is 5.11. The van der Waals surface area contributed by atoms with Gasteiger partial charge in [0.2, 0.25) is 0 Å². The van der Waals surface area contributed by atoms with E-state index in [4.69, 9.17) is 5.11 Å². The van der Waals surface area contributed by atoms with Crippen LogP contribution in [0.4, 0.5) is 16.2 Å². The second-order valence-electron chi connectivity index (χ2n) is 5.11. The third-order valence-corrected chi connectivity index (χ3v) is 3.52. The summed E-state index contributed by atoms with van der Waals surface area (Å²) in [6, 6.07) is 7.37. The molecule has 0 spiro atoms. The van der Waals surface area contributed by atoms with Crippen molar-refractivity contribution in [2.45, 2.75) is 26.8 Å². The monoisotopic (exact) mass is 279 g/mol. The summed E-state index contributed by atoms with van der Waals surface area (Å²) in [6.07, 6.45) is 0. The largest absolute Gasteiger partial charge is 0.396 e. The van der Waals surface area contributed by atoms with Gasteiger partial charge in [0.25, 0.3) is 0 Å². The van der Waals surface area contributed by atoms with Crippen LogP contribution in [0.25, 0.3) is 0 Å². The molecule has 20 heavy (non-hydrogen) atoms. The highest BCUT2D eigenvalue weighted by Crippen LogP contribution is 2.18. The lowest BCUT2D eigenvalue weighted by Gasteiger charge is -2.20. The maximum Gasteiger partial charge on any atom is 0.319 e. The van der Waals surface area contributed by atoms with Crippen molar-refractivity contribution in [3.8, 4) is 0 Å². The van der Waals surface area contributed by atoms with Crippen molar-refractivity contribution in [3.63, 3.8) is 0 Å². The highest BCUT2D eigenvalue weighted by molar-refractivity contribution is 5.90. The Morgan fingerprint density at radius 1 is 1.40 bits per heavy atom. The van der Waals surface area contributed by atoms with Gasteiger partial charge in [0.1, 0.15) is 0 Å². The molecular weight excluding hydrogens is 254 g/mol. The zero-order valence-electron chi connectivity index (χ0n) is 12.7. The summed E-state index contributed by atoms with van der Waals surface area (Å²) in [5.41, 5.74) is 1.81. The summed E-state index contributed by atoms with van der Waals surface area (Å²) >= 11 is 0. The first kappa shape index (κ1) is 16.3. The predicted molar refractivity (Wildman–Crippen MR) is 83.3 cm³/mol. The van der Waals surface area contributed by atoms with E-state index in [1.165, 1.54) is 0 Å². The molecule has 1 aromatic carbocycles. The lowest BCUT2D eigenvalue weighted by molar-refractivity contribution is 0.204. The Bertz CT molecular complexity index is 437. The van der Waals surface area contributed by atoms with Crippen LogP contribution in [0.15, 0.2) is 24.3 Å². The number of benzene rings is 1. The fraction of sp³-hybridized carbons (Fsp3) is 0.533. The van der Waals surface area contributed by atoms with Crippen LogP contribution >= 0.6 is 0 Å². The van der Waals surface area contributed by atoms with Crippen LogP contribution in [0.2, 0.25) is 0 Å². The molecule has 0 aliphatic rings. The molecule has 0 fully saturated rings. The molecule has 3 N–H and O–H groups in total. The highest BCUT2D eigenvalue weighted by atomic mass is 16.3. The Balaban J connectivity index is 2.62. The van der Waals surface area contributed by atoms with E-state index in [1.54, 1.807) is 0 Å². The molecule has 0 radical (unpaired) electrons. The van der Waals surface area contributed by atoms with Crippen LogP contribution in [0.3, 0.4) is 0 Å². The van der Waals surface area contributed by atoms with Gasteiger partial charge >= 0.3 is 6.03 Å². The number of carbonyl (C=O) groups excluding carboxylic acids is 1. The Kier molecular flexibility index (Phi) is 6.31. The van der Waals surface area contributed by atoms with Gasteiger partial charge in [-0.25, -0.2) is 4.79 Å². The number of aliphatic hydroxyl groups is 1. The van der Waals surface area contributed by atoms with Gasteiger partial charge < -0.3 is 20.6 Å². The molecular formula is C15H25N3O2. The molecule has 0 aliphatic heterocycles. The van der Waals surface area contributed by atoms with Crippen LogP contribution in [-0.4, -0.2) is 37.4 Å². The number of aliphatic hydroxyl groups excluding tert-OH is 1. The van der Waals surface area contributed by atoms with Crippen molar-refractivity contribution in [1.29, 1.82) is 0 Å². The van der Waals surface area contributed by atoms with Gasteiger partial charge in [-0.2, -0.15) is 0 Å². The standard InChI is InChI=1S/C15H25N3O2/c1-5-18(4)14-8-6-7-13(9-14)17-15(20)16-12(3)11(2)10-19/h6-9,11-12,19H,5,10H2,1-4H3,(H2,16,17,20). The minimum Gasteiger partial charge on any atom is -0.396 e. The SMILES string of the molecule is CCN(C)c1cccc(NC(=O)NC(C)C(C)CO)c1. The summed E-state index contributed by atoms with van der Waals surface area (Å²) in [6.45, 7) is 6.80.